The van der Waals surface area contributed by atoms with Gasteiger partial charge in [-0.25, -0.2) is 0 Å². The molecule has 0 fully saturated rings. The van der Waals surface area contributed by atoms with Crippen LogP contribution in [0, 0.1) is 0 Å². The molecule has 2 nitrogen and oxygen atoms in total. The second-order valence-corrected chi connectivity index (χ2v) is 7.53. The number of thioether (sulfide) groups is 1. The minimum atomic E-state index is -0.277. The molecule has 0 spiro atoms. The summed E-state index contributed by atoms with van der Waals surface area (Å²) in [5, 5.41) is 2.24. The molecule has 2 aromatic rings. The fourth-order valence-electron chi connectivity index (χ4n) is 1.83. The predicted octanol–water partition coefficient (Wildman–Crippen LogP) is 3.74. The van der Waals surface area contributed by atoms with Crippen molar-refractivity contribution >= 4 is 32.7 Å². The molecule has 0 atom stereocenters. The summed E-state index contributed by atoms with van der Waals surface area (Å²) in [6, 6.07) is 16.6. The van der Waals surface area contributed by atoms with E-state index in [1.54, 1.807) is 11.8 Å². The molecular weight excluding hydrogens is 347 g/mol. The normalized spacial score (nSPS) is 10.4. The van der Waals surface area contributed by atoms with Crippen LogP contribution < -0.4 is 4.74 Å². The van der Waals surface area contributed by atoms with E-state index < -0.39 is 0 Å². The van der Waals surface area contributed by atoms with Gasteiger partial charge in [-0.05, 0) is 0 Å². The van der Waals surface area contributed by atoms with Crippen LogP contribution in [0.25, 0.3) is 0 Å². The zero-order valence-electron chi connectivity index (χ0n) is 12.2. The molecule has 110 valence electrons. The van der Waals surface area contributed by atoms with Crippen LogP contribution in [0.3, 0.4) is 0 Å². The van der Waals surface area contributed by atoms with Gasteiger partial charge in [0.05, 0.1) is 0 Å². The number of benzene rings is 2. The molecule has 0 heterocycles. The number of rotatable bonds is 6. The summed E-state index contributed by atoms with van der Waals surface area (Å²) in [5.74, 6) is 0.340. The van der Waals surface area contributed by atoms with Crippen molar-refractivity contribution in [3.8, 4) is 5.75 Å². The Balaban J connectivity index is 1.81. The van der Waals surface area contributed by atoms with Gasteiger partial charge >= 0.3 is 136 Å². The second kappa shape index (κ2) is 8.28. The van der Waals surface area contributed by atoms with E-state index in [0.717, 1.165) is 10.6 Å². The Morgan fingerprint density at radius 1 is 1.00 bits per heavy atom. The average Bonchev–Trinajstić information content (AvgIpc) is 2.49. The Labute approximate surface area is 136 Å². The summed E-state index contributed by atoms with van der Waals surface area (Å²) >= 11 is 2.32. The molecule has 0 amide bonds. The molecule has 0 N–H and O–H groups in total. The summed E-state index contributed by atoms with van der Waals surface area (Å²) in [5.41, 5.74) is 2.70. The van der Waals surface area contributed by atoms with Crippen LogP contribution in [-0.4, -0.2) is 27.2 Å². The monoisotopic (exact) mass is 366 g/mol. The predicted molar refractivity (Wildman–Crippen MR) is 89.1 cm³/mol. The Kier molecular flexibility index (Phi) is 6.37. The summed E-state index contributed by atoms with van der Waals surface area (Å²) in [4.78, 5) is 12.2. The van der Waals surface area contributed by atoms with Crippen LogP contribution >= 0.6 is 11.8 Å². The molecule has 2 aromatic carbocycles. The van der Waals surface area contributed by atoms with Crippen LogP contribution in [0.15, 0.2) is 53.4 Å². The maximum atomic E-state index is 10.9. The van der Waals surface area contributed by atoms with Crippen molar-refractivity contribution in [1.82, 2.24) is 0 Å². The first kappa shape index (κ1) is 16.2. The Bertz CT molecular complexity index is 579. The van der Waals surface area contributed by atoms with E-state index in [1.165, 1.54) is 22.9 Å². The van der Waals surface area contributed by atoms with Gasteiger partial charge in [-0.1, -0.05) is 0 Å². The molecule has 2 rings (SSSR count). The first-order chi connectivity index (χ1) is 10.2. The van der Waals surface area contributed by atoms with E-state index in [2.05, 4.69) is 30.5 Å². The van der Waals surface area contributed by atoms with Crippen molar-refractivity contribution in [2.45, 2.75) is 22.5 Å². The molecule has 0 saturated carbocycles. The first-order valence-corrected chi connectivity index (χ1v) is 10.3. The van der Waals surface area contributed by atoms with E-state index in [1.807, 2.05) is 24.3 Å². The fraction of sp³-hybridized carbons (Fsp3) is 0.235. The third-order valence-electron chi connectivity index (χ3n) is 2.88. The molecule has 4 heteroatoms. The van der Waals surface area contributed by atoms with Gasteiger partial charge in [0.2, 0.25) is 0 Å². The molecule has 0 saturated heterocycles. The van der Waals surface area contributed by atoms with Crippen molar-refractivity contribution in [2.24, 2.45) is 0 Å². The number of hydrogen-bond donors (Lipinski definition) is 0. The molecular formula is C17H18O2SSe. The van der Waals surface area contributed by atoms with Gasteiger partial charge in [-0.2, -0.15) is 0 Å². The molecule has 0 bridgehead atoms. The molecule has 0 radical (unpaired) electrons. The summed E-state index contributed by atoms with van der Waals surface area (Å²) in [6.45, 7) is 1.42. The average molecular weight is 365 g/mol. The third-order valence-corrected chi connectivity index (χ3v) is 5.88. The van der Waals surface area contributed by atoms with Gasteiger partial charge in [-0.3, -0.25) is 0 Å². The third kappa shape index (κ3) is 5.58. The zero-order valence-corrected chi connectivity index (χ0v) is 14.7. The second-order valence-electron chi connectivity index (χ2n) is 4.58. The number of hydrogen-bond acceptors (Lipinski definition) is 3. The quantitative estimate of drug-likeness (QED) is 0.338. The van der Waals surface area contributed by atoms with E-state index in [-0.39, 0.29) is 5.97 Å². The Hall–Kier alpha value is -1.22. The van der Waals surface area contributed by atoms with Crippen molar-refractivity contribution < 1.29 is 9.53 Å². The van der Waals surface area contributed by atoms with E-state index in [9.17, 15) is 4.79 Å². The number of carbonyl (C=O) groups is 1. The first-order valence-electron chi connectivity index (χ1n) is 6.65. The number of ether oxygens (including phenoxy) is 1. The molecule has 0 aliphatic rings. The van der Waals surface area contributed by atoms with Crippen LogP contribution in [0.1, 0.15) is 18.1 Å². The van der Waals surface area contributed by atoms with Crippen LogP contribution in [0.2, 0.25) is 0 Å². The van der Waals surface area contributed by atoms with Crippen LogP contribution in [0.4, 0.5) is 0 Å². The van der Waals surface area contributed by atoms with E-state index >= 15 is 0 Å². The topological polar surface area (TPSA) is 26.3 Å². The fourth-order valence-corrected chi connectivity index (χ4v) is 4.25. The Morgan fingerprint density at radius 2 is 1.52 bits per heavy atom. The van der Waals surface area contributed by atoms with Crippen molar-refractivity contribution in [3.63, 3.8) is 0 Å². The van der Waals surface area contributed by atoms with Gasteiger partial charge in [-0.15, -0.1) is 0 Å². The van der Waals surface area contributed by atoms with Crippen molar-refractivity contribution in [2.75, 3.05) is 6.26 Å². The van der Waals surface area contributed by atoms with Crippen LogP contribution in [0.5, 0.6) is 5.75 Å². The van der Waals surface area contributed by atoms with Gasteiger partial charge < -0.3 is 0 Å². The SMILES string of the molecule is CSc1ccc(C[Se]Cc2ccc(OC(C)=O)cc2)cc1. The molecule has 21 heavy (non-hydrogen) atoms. The zero-order chi connectivity index (χ0) is 15.1. The van der Waals surface area contributed by atoms with E-state index in [4.69, 9.17) is 4.74 Å². The molecule has 0 aromatic heterocycles. The molecule has 0 aliphatic carbocycles. The van der Waals surface area contributed by atoms with Crippen molar-refractivity contribution in [1.29, 1.82) is 0 Å². The summed E-state index contributed by atoms with van der Waals surface area (Å²) in [7, 11) is 0. The summed E-state index contributed by atoms with van der Waals surface area (Å²) < 4.78 is 5.03. The van der Waals surface area contributed by atoms with Gasteiger partial charge in [0.15, 0.2) is 0 Å². The van der Waals surface area contributed by atoms with Crippen LogP contribution in [-0.2, 0) is 15.4 Å². The Morgan fingerprint density at radius 3 is 2.00 bits per heavy atom. The standard InChI is InChI=1S/C17H18O2SSe/c1-13(18)19-16-7-3-14(4-8-16)11-21-12-15-5-9-17(20-2)10-6-15/h3-10H,11-12H2,1-2H3. The number of esters is 1. The van der Waals surface area contributed by atoms with Crippen molar-refractivity contribution in [3.05, 3.63) is 59.7 Å². The van der Waals surface area contributed by atoms with Gasteiger partial charge in [0.1, 0.15) is 0 Å². The molecule has 0 unspecified atom stereocenters. The maximum absolute atomic E-state index is 10.9. The van der Waals surface area contributed by atoms with Gasteiger partial charge in [0.25, 0.3) is 0 Å². The number of carbonyl (C=O) groups excluding carboxylic acids is 1. The van der Waals surface area contributed by atoms with Gasteiger partial charge in [0, 0.05) is 0 Å². The molecule has 0 aliphatic heterocycles. The summed E-state index contributed by atoms with van der Waals surface area (Å²) in [6.07, 6.45) is 2.10. The van der Waals surface area contributed by atoms with E-state index in [0.29, 0.717) is 20.7 Å². The minimum absolute atomic E-state index is 0.277.